The van der Waals surface area contributed by atoms with Crippen LogP contribution in [-0.4, -0.2) is 89.1 Å². The molecule has 36 heteroatoms. The Kier molecular flexibility index (Phi) is 26.3. The van der Waals surface area contributed by atoms with Crippen molar-refractivity contribution in [3.63, 3.8) is 0 Å². The number of nitrogens with zero attached hydrogens (tertiary/aromatic N) is 24. The van der Waals surface area contributed by atoms with Gasteiger partial charge in [0.05, 0.1) is 0 Å². The maximum Gasteiger partial charge on any atom is 2.00 e. The van der Waals surface area contributed by atoms with Gasteiger partial charge in [0.2, 0.25) is 0 Å². The third-order valence-electron chi connectivity index (χ3n) is 11.3. The van der Waals surface area contributed by atoms with E-state index in [2.05, 4.69) is 124 Å². The number of hydrogen-bond donors (Lipinski definition) is 0. The van der Waals surface area contributed by atoms with E-state index in [0.29, 0.717) is 6.04 Å². The molecule has 91 heavy (non-hydrogen) atoms. The van der Waals surface area contributed by atoms with Crippen molar-refractivity contribution in [2.24, 2.45) is 7.05 Å². The minimum Gasteiger partial charge on any atom is -0.572 e. The van der Waals surface area contributed by atoms with E-state index in [1.54, 1.807) is 36.8 Å². The SMILES string of the molecule is Cc1cc(-c2nccn2-c2ccccc2)[n-]n1.Cc1cc(-c2nccn2C(C)C)[n-]n1.Cc1cc(-c2nccn2C)[n-]n1.FC(F)(F)c1cc(-c2ncccn2)[n-]n1.FC(F)(F)c1cc(-c2ncccn2)[n-]n1.FC(F)(F)c1cc(-c2ncccn2)[n-]n1.[Pt+2].[Pt+2].[Pt+2]. The fourth-order valence-corrected chi connectivity index (χ4v) is 7.25. The summed E-state index contributed by atoms with van der Waals surface area (Å²) in [6, 6.07) is 23.4. The number of aryl methyl sites for hydroxylation is 4. The molecule has 0 unspecified atom stereocenters. The fourth-order valence-electron chi connectivity index (χ4n) is 7.25. The monoisotopic (exact) mass is 1800 g/mol. The van der Waals surface area contributed by atoms with Gasteiger partial charge in [-0.2, -0.15) is 39.5 Å². The Morgan fingerprint density at radius 1 is 0.363 bits per heavy atom. The quantitative estimate of drug-likeness (QED) is 0.128. The first-order valence-electron chi connectivity index (χ1n) is 25.6. The molecule has 24 nitrogen and oxygen atoms in total. The summed E-state index contributed by atoms with van der Waals surface area (Å²) in [4.78, 5) is 35.4. The molecule has 0 saturated heterocycles. The summed E-state index contributed by atoms with van der Waals surface area (Å²) in [5, 5.41) is 43.1. The summed E-state index contributed by atoms with van der Waals surface area (Å²) in [6.45, 7) is 10.0. The summed E-state index contributed by atoms with van der Waals surface area (Å²) in [6.07, 6.45) is 6.15. The second kappa shape index (κ2) is 33.0. The van der Waals surface area contributed by atoms with Crippen LogP contribution in [0.5, 0.6) is 0 Å². The van der Waals surface area contributed by atoms with E-state index in [-0.39, 0.29) is 97.8 Å². The Bertz CT molecular complexity index is 3980. The molecule has 13 aromatic rings. The van der Waals surface area contributed by atoms with Crippen molar-refractivity contribution in [2.75, 3.05) is 0 Å². The van der Waals surface area contributed by atoms with E-state index in [1.165, 1.54) is 37.2 Å². The third-order valence-corrected chi connectivity index (χ3v) is 11.3. The molecule has 12 heterocycles. The van der Waals surface area contributed by atoms with Crippen LogP contribution in [0, 0.1) is 20.8 Å². The minimum atomic E-state index is -4.49. The van der Waals surface area contributed by atoms with Crippen molar-refractivity contribution in [1.29, 1.82) is 0 Å². The van der Waals surface area contributed by atoms with Crippen LogP contribution in [0.1, 0.15) is 54.1 Å². The summed E-state index contributed by atoms with van der Waals surface area (Å²) in [5.41, 5.74) is 3.25. The standard InChI is InChI=1S/C13H11N4.C10H13N4.3C8H4F3N4.C8H9N4.3Pt/c1-10-9-12(16-15-10)13-14-7-8-17(13)11-5-3-2-4-6-11;1-7(2)14-5-4-11-10(14)9-6-8(3)12-13-9;3*9-8(10,11)6-4-5(14-15-6)7-12-2-1-3-13-7;1-6-5-7(11-10-6)8-9-3-4-12(8)2;;;/h2-9H,1H3;4-7H,1-3H3;3*1-4H;3-5H,1-2H3;;;/q6*-1;3*+2. The van der Waals surface area contributed by atoms with Crippen molar-refractivity contribution in [3.8, 4) is 74.8 Å². The molecule has 12 aromatic heterocycles. The molecule has 0 bridgehead atoms. The van der Waals surface area contributed by atoms with Gasteiger partial charge in [0.1, 0.15) is 52.0 Å². The molecule has 0 radical (unpaired) electrons. The van der Waals surface area contributed by atoms with Gasteiger partial charge >= 0.3 is 81.7 Å². The zero-order valence-corrected chi connectivity index (χ0v) is 54.5. The van der Waals surface area contributed by atoms with Gasteiger partial charge in [-0.15, -0.1) is 0 Å². The second-order valence-electron chi connectivity index (χ2n) is 18.2. The molecular weight excluding hydrogens is 1750 g/mol. The Hall–Kier alpha value is -9.22. The molecule has 0 amide bonds. The Morgan fingerprint density at radius 3 is 1.02 bits per heavy atom. The average Bonchev–Trinajstić information content (AvgIpc) is 4.29. The van der Waals surface area contributed by atoms with Crippen molar-refractivity contribution >= 4 is 0 Å². The first-order chi connectivity index (χ1) is 42.0. The number of rotatable bonds is 8. The van der Waals surface area contributed by atoms with Gasteiger partial charge < -0.3 is 74.9 Å². The fraction of sp³-hybridized carbons (Fsp3) is 0.182. The van der Waals surface area contributed by atoms with Gasteiger partial charge in [-0.25, -0.2) is 44.9 Å². The molecule has 0 spiro atoms. The molecule has 1 aromatic carbocycles. The molecule has 478 valence electrons. The average molecular weight is 1800 g/mol. The number of halogens is 9. The van der Waals surface area contributed by atoms with E-state index >= 15 is 0 Å². The van der Waals surface area contributed by atoms with Crippen LogP contribution < -0.4 is 30.6 Å². The predicted molar refractivity (Wildman–Crippen MR) is 294 cm³/mol. The normalized spacial score (nSPS) is 10.9. The number of benzene rings is 1. The maximum atomic E-state index is 12.2. The second-order valence-corrected chi connectivity index (χ2v) is 18.2. The Balaban J connectivity index is 0.000000198. The van der Waals surface area contributed by atoms with E-state index in [0.717, 1.165) is 75.5 Å². The summed E-state index contributed by atoms with van der Waals surface area (Å²) < 4.78 is 116. The molecule has 0 N–H and O–H groups in total. The maximum absolute atomic E-state index is 12.2. The predicted octanol–water partition coefficient (Wildman–Crippen LogP) is 9.28. The number of alkyl halides is 9. The minimum absolute atomic E-state index is 0. The molecule has 0 saturated carbocycles. The first-order valence-corrected chi connectivity index (χ1v) is 25.6. The van der Waals surface area contributed by atoms with E-state index in [1.807, 2.05) is 104 Å². The van der Waals surface area contributed by atoms with Gasteiger partial charge in [0.15, 0.2) is 0 Å². The van der Waals surface area contributed by atoms with Crippen molar-refractivity contribution < 1.29 is 103 Å². The van der Waals surface area contributed by atoms with Crippen molar-refractivity contribution in [3.05, 3.63) is 193 Å². The summed E-state index contributed by atoms with van der Waals surface area (Å²) in [7, 11) is 1.94. The summed E-state index contributed by atoms with van der Waals surface area (Å²) >= 11 is 0. The van der Waals surface area contributed by atoms with Gasteiger partial charge in [-0.3, -0.25) is 0 Å². The van der Waals surface area contributed by atoms with E-state index in [4.69, 9.17) is 0 Å². The van der Waals surface area contributed by atoms with Crippen LogP contribution in [0.3, 0.4) is 0 Å². The number of imidazole rings is 3. The van der Waals surface area contributed by atoms with Crippen molar-refractivity contribution in [2.45, 2.75) is 59.2 Å². The molecular formula is C55H45F9N24Pt3. The van der Waals surface area contributed by atoms with Crippen LogP contribution >= 0.6 is 0 Å². The topological polar surface area (TPSA) is 293 Å². The summed E-state index contributed by atoms with van der Waals surface area (Å²) in [5.74, 6) is 2.94. The first kappa shape index (κ1) is 72.5. The molecule has 0 aliphatic rings. The van der Waals surface area contributed by atoms with Gasteiger partial charge in [-0.05, 0) is 83.1 Å². The Labute approximate surface area is 553 Å². The van der Waals surface area contributed by atoms with E-state index in [9.17, 15) is 39.5 Å². The molecule has 0 fully saturated rings. The van der Waals surface area contributed by atoms with E-state index < -0.39 is 35.6 Å². The number of hydrogen-bond acceptors (Lipinski definition) is 15. The van der Waals surface area contributed by atoms with Crippen LogP contribution in [0.4, 0.5) is 39.5 Å². The van der Waals surface area contributed by atoms with Gasteiger partial charge in [-0.1, -0.05) is 70.6 Å². The zero-order valence-electron chi connectivity index (χ0n) is 47.7. The van der Waals surface area contributed by atoms with Crippen LogP contribution in [0.25, 0.3) is 74.8 Å². The third kappa shape index (κ3) is 20.4. The van der Waals surface area contributed by atoms with Gasteiger partial charge in [0, 0.05) is 110 Å². The van der Waals surface area contributed by atoms with Crippen LogP contribution in [0.15, 0.2) is 159 Å². The van der Waals surface area contributed by atoms with Crippen LogP contribution in [-0.2, 0) is 88.8 Å². The van der Waals surface area contributed by atoms with Gasteiger partial charge in [0.25, 0.3) is 0 Å². The molecule has 0 aliphatic carbocycles. The molecule has 0 aliphatic heterocycles. The zero-order chi connectivity index (χ0) is 63.0. The molecule has 13 rings (SSSR count). The van der Waals surface area contributed by atoms with Crippen molar-refractivity contribution in [1.82, 2.24) is 120 Å². The molecule has 0 atom stereocenters. The Morgan fingerprint density at radius 2 is 0.692 bits per heavy atom. The number of aromatic nitrogens is 24. The smallest absolute Gasteiger partial charge is 0.572 e. The van der Waals surface area contributed by atoms with Crippen LogP contribution in [0.2, 0.25) is 0 Å². The number of para-hydroxylation sites is 1. The largest absolute Gasteiger partial charge is 2.00 e.